The van der Waals surface area contributed by atoms with E-state index in [1.807, 2.05) is 0 Å². The standard InChI is InChI=1S/C15H20N4O5S/c1-15(13(20)17-14(21)18-15)11-9-10(3-4-12(11)24-2)25(22,23)19-7-5-16-6-8-19/h3-4,9,16H,5-8H2,1-2H3,(H2,17,18,20,21). The molecule has 0 radical (unpaired) electrons. The Labute approximate surface area is 145 Å². The second kappa shape index (κ2) is 6.28. The van der Waals surface area contributed by atoms with Crippen molar-refractivity contribution < 1.29 is 22.7 Å². The third-order valence-corrected chi connectivity index (χ3v) is 6.36. The van der Waals surface area contributed by atoms with Crippen molar-refractivity contribution in [3.63, 3.8) is 0 Å². The van der Waals surface area contributed by atoms with E-state index in [2.05, 4.69) is 16.0 Å². The molecular weight excluding hydrogens is 348 g/mol. The van der Waals surface area contributed by atoms with Gasteiger partial charge in [-0.25, -0.2) is 13.2 Å². The molecule has 1 atom stereocenters. The molecule has 0 aliphatic carbocycles. The molecule has 3 amide bonds. The average molecular weight is 368 g/mol. The molecule has 1 aromatic rings. The van der Waals surface area contributed by atoms with Crippen molar-refractivity contribution in [3.8, 4) is 5.75 Å². The lowest BCUT2D eigenvalue weighted by Gasteiger charge is -2.28. The Hall–Kier alpha value is -2.17. The van der Waals surface area contributed by atoms with Gasteiger partial charge in [0.2, 0.25) is 10.0 Å². The maximum atomic E-state index is 12.9. The first-order chi connectivity index (χ1) is 11.8. The molecule has 2 saturated heterocycles. The largest absolute Gasteiger partial charge is 0.496 e. The minimum absolute atomic E-state index is 0.0559. The average Bonchev–Trinajstić information content (AvgIpc) is 2.88. The Bertz CT molecular complexity index is 819. The number of sulfonamides is 1. The summed E-state index contributed by atoms with van der Waals surface area (Å²) in [6, 6.07) is 3.69. The first kappa shape index (κ1) is 17.6. The zero-order chi connectivity index (χ0) is 18.2. The fraction of sp³-hybridized carbons (Fsp3) is 0.467. The van der Waals surface area contributed by atoms with Crippen LogP contribution < -0.4 is 20.7 Å². The number of carbonyl (C=O) groups excluding carboxylic acids is 2. The van der Waals surface area contributed by atoms with Crippen LogP contribution in [-0.4, -0.2) is 58.0 Å². The summed E-state index contributed by atoms with van der Waals surface area (Å²) in [7, 11) is -2.29. The molecule has 9 nitrogen and oxygen atoms in total. The maximum absolute atomic E-state index is 12.9. The number of nitrogens with one attached hydrogen (secondary N) is 3. The molecule has 2 aliphatic rings. The number of urea groups is 1. The van der Waals surface area contributed by atoms with Crippen molar-refractivity contribution >= 4 is 22.0 Å². The highest BCUT2D eigenvalue weighted by atomic mass is 32.2. The minimum atomic E-state index is -3.70. The first-order valence-corrected chi connectivity index (χ1v) is 9.26. The van der Waals surface area contributed by atoms with Gasteiger partial charge in [0, 0.05) is 31.7 Å². The number of amides is 3. The van der Waals surface area contributed by atoms with Crippen LogP contribution in [0.1, 0.15) is 12.5 Å². The summed E-state index contributed by atoms with van der Waals surface area (Å²) in [4.78, 5) is 23.8. The fourth-order valence-electron chi connectivity index (χ4n) is 3.00. The second-order valence-electron chi connectivity index (χ2n) is 6.05. The fourth-order valence-corrected chi connectivity index (χ4v) is 4.47. The van der Waals surface area contributed by atoms with E-state index in [9.17, 15) is 18.0 Å². The van der Waals surface area contributed by atoms with Gasteiger partial charge in [0.1, 0.15) is 11.3 Å². The predicted octanol–water partition coefficient (Wildman–Crippen LogP) is -0.656. The summed E-state index contributed by atoms with van der Waals surface area (Å²) in [5, 5.41) is 7.80. The number of benzene rings is 1. The Morgan fingerprint density at radius 3 is 2.44 bits per heavy atom. The van der Waals surface area contributed by atoms with Crippen LogP contribution >= 0.6 is 0 Å². The van der Waals surface area contributed by atoms with Gasteiger partial charge in [0.25, 0.3) is 5.91 Å². The van der Waals surface area contributed by atoms with Crippen LogP contribution in [0.15, 0.2) is 23.1 Å². The molecule has 136 valence electrons. The molecule has 2 fully saturated rings. The zero-order valence-corrected chi connectivity index (χ0v) is 14.8. The Kier molecular flexibility index (Phi) is 4.43. The van der Waals surface area contributed by atoms with E-state index in [1.54, 1.807) is 0 Å². The molecule has 1 unspecified atom stereocenters. The van der Waals surface area contributed by atoms with E-state index in [4.69, 9.17) is 4.74 Å². The van der Waals surface area contributed by atoms with Crippen molar-refractivity contribution in [2.45, 2.75) is 17.4 Å². The molecule has 3 rings (SSSR count). The van der Waals surface area contributed by atoms with Crippen LogP contribution in [0.3, 0.4) is 0 Å². The van der Waals surface area contributed by atoms with Crippen LogP contribution in [0.4, 0.5) is 4.79 Å². The number of carbonyl (C=O) groups is 2. The van der Waals surface area contributed by atoms with E-state index in [0.717, 1.165) is 0 Å². The van der Waals surface area contributed by atoms with Crippen LogP contribution in [0.5, 0.6) is 5.75 Å². The first-order valence-electron chi connectivity index (χ1n) is 7.82. The van der Waals surface area contributed by atoms with Crippen molar-refractivity contribution in [1.29, 1.82) is 0 Å². The van der Waals surface area contributed by atoms with Crippen LogP contribution in [0.2, 0.25) is 0 Å². The third-order valence-electron chi connectivity index (χ3n) is 4.47. The molecule has 0 saturated carbocycles. The van der Waals surface area contributed by atoms with E-state index in [-0.39, 0.29) is 10.5 Å². The topological polar surface area (TPSA) is 117 Å². The summed E-state index contributed by atoms with van der Waals surface area (Å²) in [5.74, 6) is -0.244. The van der Waals surface area contributed by atoms with Crippen molar-refractivity contribution in [1.82, 2.24) is 20.3 Å². The Morgan fingerprint density at radius 2 is 1.88 bits per heavy atom. The Balaban J connectivity index is 2.07. The molecule has 10 heteroatoms. The Morgan fingerprint density at radius 1 is 1.20 bits per heavy atom. The van der Waals surface area contributed by atoms with Gasteiger partial charge in [-0.05, 0) is 25.1 Å². The number of hydrogen-bond donors (Lipinski definition) is 3. The van der Waals surface area contributed by atoms with E-state index < -0.39 is 27.5 Å². The normalized spacial score (nSPS) is 24.7. The highest BCUT2D eigenvalue weighted by Crippen LogP contribution is 2.34. The number of hydrogen-bond acceptors (Lipinski definition) is 6. The van der Waals surface area contributed by atoms with Crippen LogP contribution in [0.25, 0.3) is 0 Å². The van der Waals surface area contributed by atoms with Crippen molar-refractivity contribution in [3.05, 3.63) is 23.8 Å². The van der Waals surface area contributed by atoms with E-state index in [0.29, 0.717) is 31.9 Å². The number of imide groups is 1. The predicted molar refractivity (Wildman–Crippen MR) is 88.6 cm³/mol. The highest BCUT2D eigenvalue weighted by Gasteiger charge is 2.45. The lowest BCUT2D eigenvalue weighted by molar-refractivity contribution is -0.123. The molecule has 25 heavy (non-hydrogen) atoms. The molecule has 0 bridgehead atoms. The zero-order valence-electron chi connectivity index (χ0n) is 14.0. The molecule has 0 spiro atoms. The van der Waals surface area contributed by atoms with Gasteiger partial charge in [0.05, 0.1) is 12.0 Å². The molecule has 2 heterocycles. The summed E-state index contributed by atoms with van der Waals surface area (Å²) >= 11 is 0. The SMILES string of the molecule is COc1ccc(S(=O)(=O)N2CCNCC2)cc1C1(C)NC(=O)NC1=O. The maximum Gasteiger partial charge on any atom is 0.322 e. The second-order valence-corrected chi connectivity index (χ2v) is 7.99. The van der Waals surface area contributed by atoms with Gasteiger partial charge >= 0.3 is 6.03 Å². The number of rotatable bonds is 4. The summed E-state index contributed by atoms with van der Waals surface area (Å²) < 4.78 is 32.4. The summed E-state index contributed by atoms with van der Waals surface area (Å²) in [6.45, 7) is 3.42. The summed E-state index contributed by atoms with van der Waals surface area (Å²) in [5.41, 5.74) is -1.12. The minimum Gasteiger partial charge on any atom is -0.496 e. The van der Waals surface area contributed by atoms with Gasteiger partial charge in [0.15, 0.2) is 0 Å². The number of methoxy groups -OCH3 is 1. The smallest absolute Gasteiger partial charge is 0.322 e. The van der Waals surface area contributed by atoms with Crippen molar-refractivity contribution in [2.75, 3.05) is 33.3 Å². The third kappa shape index (κ3) is 2.96. The monoisotopic (exact) mass is 368 g/mol. The molecule has 0 aromatic heterocycles. The van der Waals surface area contributed by atoms with Gasteiger partial charge in [-0.15, -0.1) is 0 Å². The molecular formula is C15H20N4O5S. The van der Waals surface area contributed by atoms with Gasteiger partial charge in [-0.1, -0.05) is 0 Å². The number of ether oxygens (including phenoxy) is 1. The van der Waals surface area contributed by atoms with Gasteiger partial charge < -0.3 is 15.4 Å². The molecule has 3 N–H and O–H groups in total. The molecule has 2 aliphatic heterocycles. The van der Waals surface area contributed by atoms with E-state index >= 15 is 0 Å². The van der Waals surface area contributed by atoms with Crippen LogP contribution in [-0.2, 0) is 20.4 Å². The lowest BCUT2D eigenvalue weighted by atomic mass is 9.91. The molecule has 1 aromatic carbocycles. The van der Waals surface area contributed by atoms with Gasteiger partial charge in [-0.3, -0.25) is 10.1 Å². The van der Waals surface area contributed by atoms with Crippen molar-refractivity contribution in [2.24, 2.45) is 0 Å². The quantitative estimate of drug-likeness (QED) is 0.608. The van der Waals surface area contributed by atoms with E-state index in [1.165, 1.54) is 36.5 Å². The van der Waals surface area contributed by atoms with Gasteiger partial charge in [-0.2, -0.15) is 4.31 Å². The lowest BCUT2D eigenvalue weighted by Crippen LogP contribution is -2.46. The van der Waals surface area contributed by atoms with Crippen LogP contribution in [0, 0.1) is 0 Å². The highest BCUT2D eigenvalue weighted by molar-refractivity contribution is 7.89. The summed E-state index contributed by atoms with van der Waals surface area (Å²) in [6.07, 6.45) is 0. The number of piperazine rings is 1. The number of nitrogens with zero attached hydrogens (tertiary/aromatic N) is 1.